The molecular weight excluding hydrogens is 574 g/mol. The lowest BCUT2D eigenvalue weighted by atomic mass is 10.1. The third-order valence-electron chi connectivity index (χ3n) is 6.57. The Labute approximate surface area is 229 Å². The molecule has 4 aromatic heterocycles. The number of nitrogens with one attached hydrogen (secondary N) is 1. The maximum Gasteiger partial charge on any atom is 0.265 e. The Hall–Kier alpha value is -3.09. The third kappa shape index (κ3) is 3.98. The molecule has 0 aliphatic heterocycles. The SMILES string of the molecule is CCOc1ccc(-n2c(Sc3c(N)c4c5c(sc4[nH]c3=O)CCC5)nnc2-c2nn(C)c(C)c2Br)cc1. The summed E-state index contributed by atoms with van der Waals surface area (Å²) in [5, 5.41) is 15.1. The Morgan fingerprint density at radius 3 is 2.73 bits per heavy atom. The molecule has 37 heavy (non-hydrogen) atoms. The minimum Gasteiger partial charge on any atom is -0.494 e. The zero-order chi connectivity index (χ0) is 25.8. The van der Waals surface area contributed by atoms with Gasteiger partial charge in [0.25, 0.3) is 5.56 Å². The zero-order valence-electron chi connectivity index (χ0n) is 20.5. The van der Waals surface area contributed by atoms with Crippen molar-refractivity contribution < 1.29 is 4.74 Å². The highest BCUT2D eigenvalue weighted by Gasteiger charge is 2.26. The second kappa shape index (κ2) is 9.34. The summed E-state index contributed by atoms with van der Waals surface area (Å²) in [5.74, 6) is 1.32. The average Bonchev–Trinajstić information content (AvgIpc) is 3.63. The van der Waals surface area contributed by atoms with Crippen LogP contribution in [0.15, 0.2) is 43.6 Å². The predicted molar refractivity (Wildman–Crippen MR) is 150 cm³/mol. The molecule has 0 saturated carbocycles. The molecule has 0 fully saturated rings. The van der Waals surface area contributed by atoms with Crippen LogP contribution >= 0.6 is 39.0 Å². The highest BCUT2D eigenvalue weighted by molar-refractivity contribution is 9.10. The number of nitrogens with zero attached hydrogens (tertiary/aromatic N) is 5. The van der Waals surface area contributed by atoms with Gasteiger partial charge in [-0.1, -0.05) is 0 Å². The fourth-order valence-electron chi connectivity index (χ4n) is 4.67. The quantitative estimate of drug-likeness (QED) is 0.274. The highest BCUT2D eigenvalue weighted by atomic mass is 79.9. The van der Waals surface area contributed by atoms with E-state index in [0.717, 1.165) is 51.1 Å². The number of fused-ring (bicyclic) bond motifs is 3. The molecule has 9 nitrogen and oxygen atoms in total. The largest absolute Gasteiger partial charge is 0.494 e. The van der Waals surface area contributed by atoms with Gasteiger partial charge in [0.2, 0.25) is 5.16 Å². The van der Waals surface area contributed by atoms with Crippen molar-refractivity contribution in [2.45, 2.75) is 43.2 Å². The second-order valence-corrected chi connectivity index (χ2v) is 11.7. The monoisotopic (exact) mass is 597 g/mol. The summed E-state index contributed by atoms with van der Waals surface area (Å²) in [5.41, 5.74) is 10.6. The molecule has 4 heterocycles. The van der Waals surface area contributed by atoms with Gasteiger partial charge in [0, 0.05) is 23.0 Å². The van der Waals surface area contributed by atoms with Crippen molar-refractivity contribution >= 4 is 54.9 Å². The minimum absolute atomic E-state index is 0.229. The molecule has 1 aliphatic rings. The molecule has 0 unspecified atom stereocenters. The van der Waals surface area contributed by atoms with E-state index in [1.165, 1.54) is 22.2 Å². The molecule has 0 radical (unpaired) electrons. The summed E-state index contributed by atoms with van der Waals surface area (Å²) in [6.07, 6.45) is 3.13. The van der Waals surface area contributed by atoms with Crippen LogP contribution in [-0.4, -0.2) is 36.1 Å². The summed E-state index contributed by atoms with van der Waals surface area (Å²) in [7, 11) is 1.88. The Balaban J connectivity index is 1.52. The molecule has 0 saturated heterocycles. The summed E-state index contributed by atoms with van der Waals surface area (Å²) < 4.78 is 10.1. The van der Waals surface area contributed by atoms with Gasteiger partial charge in [-0.15, -0.1) is 21.5 Å². The number of pyridine rings is 1. The van der Waals surface area contributed by atoms with Crippen LogP contribution in [0.1, 0.15) is 29.5 Å². The standard InChI is InChI=1S/C25H24BrN7O2S2/c1-4-35-14-10-8-13(9-11-14)33-22(20-18(26)12(2)32(3)31-20)29-30-25(33)37-21-19(27)17-15-6-5-7-16(15)36-24(17)28-23(21)34/h8-11H,4-7H2,1-3H3,(H3,27,28,34). The van der Waals surface area contributed by atoms with Gasteiger partial charge in [-0.2, -0.15) is 5.10 Å². The number of benzene rings is 1. The van der Waals surface area contributed by atoms with Gasteiger partial charge in [-0.25, -0.2) is 0 Å². The van der Waals surface area contributed by atoms with Gasteiger partial charge < -0.3 is 15.5 Å². The van der Waals surface area contributed by atoms with E-state index in [9.17, 15) is 4.79 Å². The molecular formula is C25H24BrN7O2S2. The van der Waals surface area contributed by atoms with Crippen molar-refractivity contribution in [3.8, 4) is 23.0 Å². The van der Waals surface area contributed by atoms with Crippen LogP contribution in [0.3, 0.4) is 0 Å². The fourth-order valence-corrected chi connectivity index (χ4v) is 7.39. The smallest absolute Gasteiger partial charge is 0.265 e. The van der Waals surface area contributed by atoms with Crippen molar-refractivity contribution in [3.05, 3.63) is 55.2 Å². The van der Waals surface area contributed by atoms with Crippen molar-refractivity contribution in [2.24, 2.45) is 7.05 Å². The first-order valence-corrected chi connectivity index (χ1v) is 14.3. The Morgan fingerprint density at radius 1 is 1.24 bits per heavy atom. The third-order valence-corrected chi connectivity index (χ3v) is 9.79. The normalized spacial score (nSPS) is 13.0. The number of aryl methyl sites for hydroxylation is 3. The van der Waals surface area contributed by atoms with Gasteiger partial charge in [0.15, 0.2) is 5.82 Å². The first-order valence-electron chi connectivity index (χ1n) is 11.9. The van der Waals surface area contributed by atoms with E-state index in [0.29, 0.717) is 33.9 Å². The maximum atomic E-state index is 13.2. The fraction of sp³-hybridized carbons (Fsp3) is 0.280. The van der Waals surface area contributed by atoms with Crippen molar-refractivity contribution in [1.29, 1.82) is 0 Å². The number of aromatic nitrogens is 6. The van der Waals surface area contributed by atoms with Gasteiger partial charge in [0.1, 0.15) is 21.2 Å². The van der Waals surface area contributed by atoms with Gasteiger partial charge in [-0.05, 0) is 90.6 Å². The van der Waals surface area contributed by atoms with Crippen LogP contribution in [0.4, 0.5) is 5.69 Å². The number of hydrogen-bond acceptors (Lipinski definition) is 8. The van der Waals surface area contributed by atoms with Crippen LogP contribution in [0.25, 0.3) is 27.4 Å². The molecule has 12 heteroatoms. The Morgan fingerprint density at radius 2 is 2.03 bits per heavy atom. The van der Waals surface area contributed by atoms with Gasteiger partial charge in [-0.3, -0.25) is 14.0 Å². The molecule has 1 aromatic carbocycles. The van der Waals surface area contributed by atoms with Crippen molar-refractivity contribution in [1.82, 2.24) is 29.5 Å². The van der Waals surface area contributed by atoms with E-state index in [1.807, 2.05) is 49.7 Å². The van der Waals surface area contributed by atoms with Crippen LogP contribution in [0, 0.1) is 6.92 Å². The number of ether oxygens (including phenoxy) is 1. The lowest BCUT2D eigenvalue weighted by Gasteiger charge is -2.12. The lowest BCUT2D eigenvalue weighted by Crippen LogP contribution is -2.12. The van der Waals surface area contributed by atoms with E-state index in [1.54, 1.807) is 16.0 Å². The number of H-pyrrole nitrogens is 1. The molecule has 190 valence electrons. The Bertz CT molecular complexity index is 1720. The number of nitrogen functional groups attached to an aromatic ring is 1. The molecule has 3 N–H and O–H groups in total. The molecule has 1 aliphatic carbocycles. The molecule has 0 amide bonds. The predicted octanol–water partition coefficient (Wildman–Crippen LogP) is 5.26. The molecule has 6 rings (SSSR count). The molecule has 0 spiro atoms. The summed E-state index contributed by atoms with van der Waals surface area (Å²) in [4.78, 5) is 18.8. The first kappa shape index (κ1) is 24.3. The van der Waals surface area contributed by atoms with Gasteiger partial charge in [0.05, 0.1) is 22.5 Å². The van der Waals surface area contributed by atoms with Gasteiger partial charge >= 0.3 is 0 Å². The van der Waals surface area contributed by atoms with E-state index < -0.39 is 0 Å². The molecule has 0 atom stereocenters. The highest BCUT2D eigenvalue weighted by Crippen LogP contribution is 2.43. The maximum absolute atomic E-state index is 13.2. The molecule has 0 bridgehead atoms. The number of anilines is 1. The van der Waals surface area contributed by atoms with Crippen molar-refractivity contribution in [2.75, 3.05) is 12.3 Å². The Kier molecular flexibility index (Phi) is 6.12. The topological polar surface area (TPSA) is 117 Å². The number of nitrogens with two attached hydrogens (primary N) is 1. The van der Waals surface area contributed by atoms with E-state index in [4.69, 9.17) is 10.5 Å². The van der Waals surface area contributed by atoms with E-state index in [2.05, 4.69) is 36.2 Å². The summed E-state index contributed by atoms with van der Waals surface area (Å²) >= 11 is 6.52. The minimum atomic E-state index is -0.229. The van der Waals surface area contributed by atoms with Crippen molar-refractivity contribution in [3.63, 3.8) is 0 Å². The average molecular weight is 599 g/mol. The number of halogens is 1. The molecule has 5 aromatic rings. The number of rotatable bonds is 6. The van der Waals surface area contributed by atoms with E-state index >= 15 is 0 Å². The number of hydrogen-bond donors (Lipinski definition) is 2. The number of thiophene rings is 1. The number of aromatic amines is 1. The lowest BCUT2D eigenvalue weighted by molar-refractivity contribution is 0.340. The zero-order valence-corrected chi connectivity index (χ0v) is 23.7. The van der Waals surface area contributed by atoms with E-state index in [-0.39, 0.29) is 5.56 Å². The van der Waals surface area contributed by atoms with Crippen LogP contribution in [-0.2, 0) is 19.9 Å². The summed E-state index contributed by atoms with van der Waals surface area (Å²) in [6.45, 7) is 4.50. The summed E-state index contributed by atoms with van der Waals surface area (Å²) in [6, 6.07) is 7.68. The first-order chi connectivity index (χ1) is 17.9. The van der Waals surface area contributed by atoms with Crippen LogP contribution < -0.4 is 16.0 Å². The second-order valence-electron chi connectivity index (χ2n) is 8.80. The van der Waals surface area contributed by atoms with Crippen LogP contribution in [0.5, 0.6) is 5.75 Å². The van der Waals surface area contributed by atoms with Crippen LogP contribution in [0.2, 0.25) is 0 Å².